The molecule has 2 heterocycles. The maximum absolute atomic E-state index is 11.1. The highest BCUT2D eigenvalue weighted by Crippen LogP contribution is 2.24. The quantitative estimate of drug-likeness (QED) is 0.667. The summed E-state index contributed by atoms with van der Waals surface area (Å²) in [6.45, 7) is 0.772. The molecule has 6 heteroatoms. The average Bonchev–Trinajstić information content (AvgIpc) is 2.65. The van der Waals surface area contributed by atoms with Gasteiger partial charge in [0.05, 0.1) is 11.4 Å². The Morgan fingerprint density at radius 1 is 1.67 bits per heavy atom. The van der Waals surface area contributed by atoms with Crippen molar-refractivity contribution < 1.29 is 4.79 Å². The smallest absolute Gasteiger partial charge is 0.233 e. The fourth-order valence-corrected chi connectivity index (χ4v) is 2.00. The molecule has 5 nitrogen and oxygen atoms in total. The van der Waals surface area contributed by atoms with Crippen LogP contribution in [0.5, 0.6) is 0 Å². The number of carbonyl (C=O) groups is 1. The van der Waals surface area contributed by atoms with Crippen molar-refractivity contribution >= 4 is 17.7 Å². The van der Waals surface area contributed by atoms with Gasteiger partial charge in [-0.25, -0.2) is 0 Å². The van der Waals surface area contributed by atoms with Gasteiger partial charge in [0.1, 0.15) is 5.03 Å². The van der Waals surface area contributed by atoms with E-state index in [1.807, 2.05) is 0 Å². The van der Waals surface area contributed by atoms with E-state index in [-0.39, 0.29) is 11.2 Å². The van der Waals surface area contributed by atoms with Crippen molar-refractivity contribution in [2.45, 2.75) is 16.7 Å². The number of hydrogen-bond acceptors (Lipinski definition) is 4. The molecule has 0 spiro atoms. The van der Waals surface area contributed by atoms with Gasteiger partial charge in [-0.3, -0.25) is 4.79 Å². The summed E-state index contributed by atoms with van der Waals surface area (Å²) in [5.41, 5.74) is 0. The standard InChI is InChI=1S/C6H8N4OS/c11-6-4(1-2-7-6)12-5-3-8-10-9-5/h3-4H,1-2H2,(H,7,11)(H,8,9,10). The Bertz CT molecular complexity index is 273. The molecule has 1 aliphatic heterocycles. The molecule has 2 N–H and O–H groups in total. The first-order valence-electron chi connectivity index (χ1n) is 3.66. The lowest BCUT2D eigenvalue weighted by atomic mass is 10.4. The van der Waals surface area contributed by atoms with Crippen LogP contribution in [0, 0.1) is 0 Å². The van der Waals surface area contributed by atoms with Crippen molar-refractivity contribution in [1.29, 1.82) is 0 Å². The second kappa shape index (κ2) is 3.14. The number of aromatic amines is 1. The van der Waals surface area contributed by atoms with Gasteiger partial charge in [0.25, 0.3) is 0 Å². The summed E-state index contributed by atoms with van der Waals surface area (Å²) in [5.74, 6) is 0.100. The summed E-state index contributed by atoms with van der Waals surface area (Å²) in [4.78, 5) is 11.1. The van der Waals surface area contributed by atoms with Crippen molar-refractivity contribution in [2.75, 3.05) is 6.54 Å². The van der Waals surface area contributed by atoms with Crippen molar-refractivity contribution in [3.63, 3.8) is 0 Å². The van der Waals surface area contributed by atoms with Crippen LogP contribution in [0.15, 0.2) is 11.2 Å². The number of aromatic nitrogens is 3. The van der Waals surface area contributed by atoms with E-state index < -0.39 is 0 Å². The lowest BCUT2D eigenvalue weighted by Crippen LogP contribution is -2.20. The Hall–Kier alpha value is -1.04. The van der Waals surface area contributed by atoms with E-state index in [2.05, 4.69) is 20.7 Å². The van der Waals surface area contributed by atoms with E-state index in [0.717, 1.165) is 18.0 Å². The molecule has 0 bridgehead atoms. The van der Waals surface area contributed by atoms with Crippen LogP contribution in [0.25, 0.3) is 0 Å². The van der Waals surface area contributed by atoms with Gasteiger partial charge in [-0.2, -0.15) is 10.3 Å². The molecule has 0 aromatic carbocycles. The highest BCUT2D eigenvalue weighted by Gasteiger charge is 2.25. The van der Waals surface area contributed by atoms with Gasteiger partial charge in [0.15, 0.2) is 0 Å². The molecule has 0 radical (unpaired) electrons. The molecule has 1 unspecified atom stereocenters. The number of nitrogens with zero attached hydrogens (tertiary/aromatic N) is 2. The van der Waals surface area contributed by atoms with Crippen LogP contribution in [0.2, 0.25) is 0 Å². The number of amides is 1. The number of rotatable bonds is 2. The minimum absolute atomic E-state index is 0.00935. The van der Waals surface area contributed by atoms with Gasteiger partial charge in [-0.15, -0.1) is 5.10 Å². The SMILES string of the molecule is O=C1NCCC1Sc1cn[nH]n1. The molecule has 0 aliphatic carbocycles. The van der Waals surface area contributed by atoms with Gasteiger partial charge in [0.2, 0.25) is 5.91 Å². The molecule has 64 valence electrons. The molecule has 1 aliphatic rings. The molecule has 1 saturated heterocycles. The molecular weight excluding hydrogens is 176 g/mol. The van der Waals surface area contributed by atoms with Crippen LogP contribution in [0.4, 0.5) is 0 Å². The number of hydrogen-bond donors (Lipinski definition) is 2. The second-order valence-electron chi connectivity index (χ2n) is 2.49. The van der Waals surface area contributed by atoms with Crippen LogP contribution in [0.1, 0.15) is 6.42 Å². The van der Waals surface area contributed by atoms with Gasteiger partial charge < -0.3 is 5.32 Å². The van der Waals surface area contributed by atoms with E-state index in [9.17, 15) is 4.79 Å². The first-order chi connectivity index (χ1) is 5.86. The van der Waals surface area contributed by atoms with Crippen LogP contribution >= 0.6 is 11.8 Å². The summed E-state index contributed by atoms with van der Waals surface area (Å²) in [6, 6.07) is 0. The third kappa shape index (κ3) is 1.42. The molecular formula is C6H8N4OS. The van der Waals surface area contributed by atoms with Gasteiger partial charge in [0, 0.05) is 6.54 Å². The van der Waals surface area contributed by atoms with Crippen LogP contribution in [-0.4, -0.2) is 33.1 Å². The Morgan fingerprint density at radius 2 is 2.58 bits per heavy atom. The lowest BCUT2D eigenvalue weighted by molar-refractivity contribution is -0.118. The number of nitrogens with one attached hydrogen (secondary N) is 2. The summed E-state index contributed by atoms with van der Waals surface area (Å²) < 4.78 is 0. The van der Waals surface area contributed by atoms with Crippen LogP contribution < -0.4 is 5.32 Å². The molecule has 12 heavy (non-hydrogen) atoms. The molecule has 2 rings (SSSR count). The van der Waals surface area contributed by atoms with Crippen LogP contribution in [-0.2, 0) is 4.79 Å². The van der Waals surface area contributed by atoms with Crippen molar-refractivity contribution in [3.05, 3.63) is 6.20 Å². The highest BCUT2D eigenvalue weighted by molar-refractivity contribution is 8.00. The largest absolute Gasteiger partial charge is 0.355 e. The summed E-state index contributed by atoms with van der Waals surface area (Å²) >= 11 is 1.45. The Morgan fingerprint density at radius 3 is 3.17 bits per heavy atom. The van der Waals surface area contributed by atoms with Crippen LogP contribution in [0.3, 0.4) is 0 Å². The molecule has 1 fully saturated rings. The molecule has 0 saturated carbocycles. The first-order valence-corrected chi connectivity index (χ1v) is 4.54. The third-order valence-corrected chi connectivity index (χ3v) is 2.83. The lowest BCUT2D eigenvalue weighted by Gasteiger charge is -2.00. The molecule has 1 amide bonds. The van der Waals surface area contributed by atoms with Gasteiger partial charge in [-0.05, 0) is 6.42 Å². The van der Waals surface area contributed by atoms with E-state index >= 15 is 0 Å². The average molecular weight is 184 g/mol. The zero-order valence-corrected chi connectivity index (χ0v) is 7.10. The number of thioether (sulfide) groups is 1. The third-order valence-electron chi connectivity index (χ3n) is 1.65. The number of H-pyrrole nitrogens is 1. The van der Waals surface area contributed by atoms with E-state index in [1.54, 1.807) is 6.20 Å². The zero-order valence-electron chi connectivity index (χ0n) is 6.28. The van der Waals surface area contributed by atoms with Crippen molar-refractivity contribution in [1.82, 2.24) is 20.7 Å². The summed E-state index contributed by atoms with van der Waals surface area (Å²) in [5, 5.41) is 13.6. The van der Waals surface area contributed by atoms with Gasteiger partial charge in [-0.1, -0.05) is 11.8 Å². The predicted molar refractivity (Wildman–Crippen MR) is 43.7 cm³/mol. The van der Waals surface area contributed by atoms with E-state index in [0.29, 0.717) is 0 Å². The van der Waals surface area contributed by atoms with Crippen molar-refractivity contribution in [3.8, 4) is 0 Å². The minimum Gasteiger partial charge on any atom is -0.355 e. The van der Waals surface area contributed by atoms with E-state index in [1.165, 1.54) is 11.8 Å². The topological polar surface area (TPSA) is 70.7 Å². The monoisotopic (exact) mass is 184 g/mol. The fraction of sp³-hybridized carbons (Fsp3) is 0.500. The van der Waals surface area contributed by atoms with Gasteiger partial charge >= 0.3 is 0 Å². The summed E-state index contributed by atoms with van der Waals surface area (Å²) in [7, 11) is 0. The maximum Gasteiger partial charge on any atom is 0.233 e. The Balaban J connectivity index is 1.99. The molecule has 1 atom stereocenters. The minimum atomic E-state index is 0.00935. The highest BCUT2D eigenvalue weighted by atomic mass is 32.2. The maximum atomic E-state index is 11.1. The van der Waals surface area contributed by atoms with E-state index in [4.69, 9.17) is 0 Å². The Labute approximate surface area is 73.3 Å². The molecule has 1 aromatic heterocycles. The zero-order chi connectivity index (χ0) is 8.39. The summed E-state index contributed by atoms with van der Waals surface area (Å²) in [6.07, 6.45) is 2.49. The Kier molecular flexibility index (Phi) is 1.99. The second-order valence-corrected chi connectivity index (χ2v) is 3.72. The normalized spacial score (nSPS) is 22.7. The predicted octanol–water partition coefficient (Wildman–Crippen LogP) is -0.215. The first kappa shape index (κ1) is 7.60. The fourth-order valence-electron chi connectivity index (χ4n) is 1.08. The molecule has 1 aromatic rings. The number of carbonyl (C=O) groups excluding carboxylic acids is 1. The van der Waals surface area contributed by atoms with Crippen molar-refractivity contribution in [2.24, 2.45) is 0 Å².